The van der Waals surface area contributed by atoms with Crippen molar-refractivity contribution >= 4 is 35.1 Å². The highest BCUT2D eigenvalue weighted by Crippen LogP contribution is 2.12. The summed E-state index contributed by atoms with van der Waals surface area (Å²) in [5, 5.41) is 11.3. The minimum atomic E-state index is -1.04. The Morgan fingerprint density at radius 2 is 2.10 bits per heavy atom. The van der Waals surface area contributed by atoms with Crippen LogP contribution in [0.5, 0.6) is 0 Å². The molecule has 0 radical (unpaired) electrons. The highest BCUT2D eigenvalue weighted by Gasteiger charge is 2.11. The van der Waals surface area contributed by atoms with E-state index in [0.717, 1.165) is 0 Å². The molecule has 1 rings (SSSR count). The summed E-state index contributed by atoms with van der Waals surface area (Å²) in [6.45, 7) is 1.46. The Hall–Kier alpha value is -1.86. The summed E-state index contributed by atoms with van der Waals surface area (Å²) < 4.78 is 0. The molecule has 6 nitrogen and oxygen atoms in total. The Balaban J connectivity index is 2.35. The van der Waals surface area contributed by atoms with Crippen molar-refractivity contribution in [2.75, 3.05) is 16.8 Å². The first-order valence-corrected chi connectivity index (χ1v) is 7.52. The number of ketones is 1. The van der Waals surface area contributed by atoms with E-state index in [2.05, 4.69) is 5.32 Å². The fourth-order valence-electron chi connectivity index (χ4n) is 1.51. The van der Waals surface area contributed by atoms with Gasteiger partial charge in [0, 0.05) is 11.3 Å². The summed E-state index contributed by atoms with van der Waals surface area (Å²) in [5.41, 5.74) is 6.46. The lowest BCUT2D eigenvalue weighted by molar-refractivity contribution is -0.138. The number of nitrogens with one attached hydrogen (secondary N) is 1. The zero-order valence-electron chi connectivity index (χ0n) is 11.7. The van der Waals surface area contributed by atoms with Gasteiger partial charge in [-0.2, -0.15) is 11.8 Å². The molecule has 0 saturated heterocycles. The van der Waals surface area contributed by atoms with Gasteiger partial charge in [-0.15, -0.1) is 0 Å². The van der Waals surface area contributed by atoms with Crippen molar-refractivity contribution < 1.29 is 19.5 Å². The fraction of sp³-hybridized carbons (Fsp3) is 0.357. The zero-order chi connectivity index (χ0) is 15.8. The monoisotopic (exact) mass is 310 g/mol. The van der Waals surface area contributed by atoms with Gasteiger partial charge < -0.3 is 16.2 Å². The van der Waals surface area contributed by atoms with E-state index in [1.165, 1.54) is 18.7 Å². The van der Waals surface area contributed by atoms with Crippen LogP contribution < -0.4 is 11.1 Å². The number of carboxylic acid groups (broad SMARTS) is 1. The van der Waals surface area contributed by atoms with E-state index in [1.807, 2.05) is 0 Å². The highest BCUT2D eigenvalue weighted by atomic mass is 32.2. The van der Waals surface area contributed by atoms with E-state index >= 15 is 0 Å². The van der Waals surface area contributed by atoms with Gasteiger partial charge in [0.1, 0.15) is 6.04 Å². The van der Waals surface area contributed by atoms with Crippen LogP contribution in [0.15, 0.2) is 24.3 Å². The molecular formula is C14H18N2O4S. The lowest BCUT2D eigenvalue weighted by atomic mass is 10.1. The van der Waals surface area contributed by atoms with Crippen molar-refractivity contribution in [2.45, 2.75) is 19.4 Å². The normalized spacial score (nSPS) is 11.7. The zero-order valence-corrected chi connectivity index (χ0v) is 12.5. The van der Waals surface area contributed by atoms with Crippen molar-refractivity contribution in [1.82, 2.24) is 0 Å². The Labute approximate surface area is 127 Å². The van der Waals surface area contributed by atoms with Crippen LogP contribution in [0.1, 0.15) is 23.7 Å². The van der Waals surface area contributed by atoms with E-state index in [9.17, 15) is 14.4 Å². The number of carbonyl (C=O) groups excluding carboxylic acids is 2. The fourth-order valence-corrected chi connectivity index (χ4v) is 2.33. The van der Waals surface area contributed by atoms with Crippen LogP contribution in [0.3, 0.4) is 0 Å². The molecule has 1 amide bonds. The maximum atomic E-state index is 11.7. The summed E-state index contributed by atoms with van der Waals surface area (Å²) in [7, 11) is 0. The van der Waals surface area contributed by atoms with Gasteiger partial charge in [-0.25, -0.2) is 0 Å². The van der Waals surface area contributed by atoms with Crippen molar-refractivity contribution in [2.24, 2.45) is 5.73 Å². The lowest BCUT2D eigenvalue weighted by Gasteiger charge is -2.07. The average Bonchev–Trinajstić information content (AvgIpc) is 2.43. The van der Waals surface area contributed by atoms with Gasteiger partial charge >= 0.3 is 5.97 Å². The molecule has 7 heteroatoms. The van der Waals surface area contributed by atoms with E-state index in [0.29, 0.717) is 23.4 Å². The van der Waals surface area contributed by atoms with Crippen LogP contribution >= 0.6 is 11.8 Å². The molecule has 0 aromatic heterocycles. The Kier molecular flexibility index (Phi) is 6.90. The number of hydrogen-bond donors (Lipinski definition) is 3. The van der Waals surface area contributed by atoms with Crippen LogP contribution in [0.4, 0.5) is 5.69 Å². The number of carbonyl (C=O) groups is 3. The number of anilines is 1. The molecule has 1 aromatic carbocycles. The molecule has 0 spiro atoms. The second-order valence-electron chi connectivity index (χ2n) is 4.47. The summed E-state index contributed by atoms with van der Waals surface area (Å²) in [4.78, 5) is 33.5. The van der Waals surface area contributed by atoms with Crippen molar-refractivity contribution in [3.8, 4) is 0 Å². The molecule has 0 aliphatic carbocycles. The van der Waals surface area contributed by atoms with Crippen molar-refractivity contribution in [3.63, 3.8) is 0 Å². The van der Waals surface area contributed by atoms with E-state index in [-0.39, 0.29) is 17.4 Å². The van der Waals surface area contributed by atoms with Crippen LogP contribution in [0.2, 0.25) is 0 Å². The largest absolute Gasteiger partial charge is 0.480 e. The maximum Gasteiger partial charge on any atom is 0.320 e. The first-order chi connectivity index (χ1) is 9.90. The lowest BCUT2D eigenvalue weighted by Crippen LogP contribution is -2.30. The molecule has 1 atom stereocenters. The molecule has 1 aromatic rings. The number of nitrogens with two attached hydrogens (primary N) is 1. The Morgan fingerprint density at radius 3 is 2.71 bits per heavy atom. The summed E-state index contributed by atoms with van der Waals surface area (Å²) in [5.74, 6) is -0.612. The molecule has 1 unspecified atom stereocenters. The van der Waals surface area contributed by atoms with Crippen LogP contribution in [0.25, 0.3) is 0 Å². The standard InChI is InChI=1S/C14H18N2O4S/c1-9(17)10-3-2-4-11(7-10)16-13(18)8-21-6-5-12(15)14(19)20/h2-4,7,12H,5-6,8,15H2,1H3,(H,16,18)(H,19,20). The van der Waals surface area contributed by atoms with Crippen molar-refractivity contribution in [1.29, 1.82) is 0 Å². The summed E-state index contributed by atoms with van der Waals surface area (Å²) in [6, 6.07) is 5.80. The predicted octanol–water partition coefficient (Wildman–Crippen LogP) is 1.36. The molecular weight excluding hydrogens is 292 g/mol. The first kappa shape index (κ1) is 17.2. The molecule has 0 fully saturated rings. The van der Waals surface area contributed by atoms with E-state index in [1.54, 1.807) is 24.3 Å². The third-order valence-electron chi connectivity index (χ3n) is 2.68. The van der Waals surface area contributed by atoms with Gasteiger partial charge in [0.15, 0.2) is 5.78 Å². The Morgan fingerprint density at radius 1 is 1.38 bits per heavy atom. The average molecular weight is 310 g/mol. The van der Waals surface area contributed by atoms with E-state index in [4.69, 9.17) is 10.8 Å². The number of benzene rings is 1. The van der Waals surface area contributed by atoms with Crippen molar-refractivity contribution in [3.05, 3.63) is 29.8 Å². The number of rotatable bonds is 8. The molecule has 0 aliphatic heterocycles. The molecule has 0 aliphatic rings. The van der Waals surface area contributed by atoms with Crippen LogP contribution in [-0.2, 0) is 9.59 Å². The summed E-state index contributed by atoms with van der Waals surface area (Å²) >= 11 is 1.31. The molecule has 0 bridgehead atoms. The number of amides is 1. The van der Waals surface area contributed by atoms with Gasteiger partial charge in [-0.3, -0.25) is 14.4 Å². The van der Waals surface area contributed by atoms with Gasteiger partial charge in [0.05, 0.1) is 5.75 Å². The molecule has 114 valence electrons. The van der Waals surface area contributed by atoms with Gasteiger partial charge in [-0.05, 0) is 31.2 Å². The highest BCUT2D eigenvalue weighted by molar-refractivity contribution is 7.99. The molecule has 0 heterocycles. The number of hydrogen-bond acceptors (Lipinski definition) is 5. The quantitative estimate of drug-likeness (QED) is 0.494. The molecule has 21 heavy (non-hydrogen) atoms. The maximum absolute atomic E-state index is 11.7. The smallest absolute Gasteiger partial charge is 0.320 e. The topological polar surface area (TPSA) is 109 Å². The SMILES string of the molecule is CC(=O)c1cccc(NC(=O)CSCCC(N)C(=O)O)c1. The van der Waals surface area contributed by atoms with Gasteiger partial charge in [0.25, 0.3) is 0 Å². The number of carboxylic acids is 1. The van der Waals surface area contributed by atoms with E-state index < -0.39 is 12.0 Å². The third-order valence-corrected chi connectivity index (χ3v) is 3.67. The Bertz CT molecular complexity index is 533. The minimum absolute atomic E-state index is 0.0665. The molecule has 4 N–H and O–H groups in total. The number of Topliss-reactive ketones (excluding diaryl/α,β-unsaturated/α-hetero) is 1. The molecule has 0 saturated carbocycles. The number of aliphatic carboxylic acids is 1. The van der Waals surface area contributed by atoms with Gasteiger partial charge in [-0.1, -0.05) is 12.1 Å². The van der Waals surface area contributed by atoms with Crippen LogP contribution in [0, 0.1) is 0 Å². The number of thioether (sulfide) groups is 1. The third kappa shape index (κ3) is 6.42. The first-order valence-electron chi connectivity index (χ1n) is 6.37. The van der Waals surface area contributed by atoms with Crippen LogP contribution in [-0.4, -0.2) is 40.3 Å². The minimum Gasteiger partial charge on any atom is -0.480 e. The van der Waals surface area contributed by atoms with Gasteiger partial charge in [0.2, 0.25) is 5.91 Å². The summed E-state index contributed by atoms with van der Waals surface area (Å²) in [6.07, 6.45) is 0.313. The second kappa shape index (κ2) is 8.43. The predicted molar refractivity (Wildman–Crippen MR) is 82.6 cm³/mol. The second-order valence-corrected chi connectivity index (χ2v) is 5.58.